The number of aryl methyl sites for hydroxylation is 1. The van der Waals surface area contributed by atoms with Crippen molar-refractivity contribution in [3.05, 3.63) is 71.0 Å². The number of nitrogens with zero attached hydrogens (tertiary/aromatic N) is 1. The zero-order valence-corrected chi connectivity index (χ0v) is 18.7. The predicted molar refractivity (Wildman–Crippen MR) is 122 cm³/mol. The zero-order valence-electron chi connectivity index (χ0n) is 17.9. The second kappa shape index (κ2) is 9.05. The summed E-state index contributed by atoms with van der Waals surface area (Å²) in [4.78, 5) is 13.1. The standard InChI is InChI=1S/C22H19F4N5O2S/c1-11-9-18(12(2)20-19(11)30-31(27)34-20)33-15-6-4-14(5-7-15)28-21(32)29-17-10-13(22(24,25)26)3-8-16(17)23/h3-10,30H,27H2,1-2H3,(H2,28,29,32). The van der Waals surface area contributed by atoms with Crippen LogP contribution in [0.15, 0.2) is 53.4 Å². The number of anilines is 3. The average Bonchev–Trinajstić information content (AvgIpc) is 3.16. The molecule has 0 atom stereocenters. The smallest absolute Gasteiger partial charge is 0.416 e. The summed E-state index contributed by atoms with van der Waals surface area (Å²) in [5.74, 6) is 5.95. The Morgan fingerprint density at radius 1 is 1.09 bits per heavy atom. The van der Waals surface area contributed by atoms with E-state index in [0.717, 1.165) is 21.7 Å². The molecule has 0 saturated carbocycles. The van der Waals surface area contributed by atoms with Gasteiger partial charge in [-0.2, -0.15) is 13.2 Å². The largest absolute Gasteiger partial charge is 0.457 e. The molecule has 0 bridgehead atoms. The van der Waals surface area contributed by atoms with Gasteiger partial charge in [0, 0.05) is 11.3 Å². The van der Waals surface area contributed by atoms with Gasteiger partial charge in [0.1, 0.15) is 17.3 Å². The Kier molecular flexibility index (Phi) is 6.30. The van der Waals surface area contributed by atoms with Crippen molar-refractivity contribution in [1.82, 2.24) is 4.52 Å². The third-order valence-corrected chi connectivity index (χ3v) is 5.95. The quantitative estimate of drug-likeness (QED) is 0.190. The minimum atomic E-state index is -4.66. The van der Waals surface area contributed by atoms with Crippen molar-refractivity contribution in [3.8, 4) is 11.5 Å². The highest BCUT2D eigenvalue weighted by Gasteiger charge is 2.31. The number of halogens is 4. The number of nitrogens with two attached hydrogens (primary N) is 1. The fraction of sp³-hybridized carbons (Fsp3) is 0.136. The maximum Gasteiger partial charge on any atom is 0.416 e. The van der Waals surface area contributed by atoms with Crippen molar-refractivity contribution >= 4 is 35.0 Å². The molecule has 1 aliphatic heterocycles. The van der Waals surface area contributed by atoms with Crippen molar-refractivity contribution in [2.45, 2.75) is 24.9 Å². The molecular formula is C22H19F4N5O2S. The molecule has 0 saturated heterocycles. The van der Waals surface area contributed by atoms with Crippen molar-refractivity contribution in [3.63, 3.8) is 0 Å². The number of rotatable bonds is 4. The number of urea groups is 1. The maximum atomic E-state index is 13.8. The molecule has 178 valence electrons. The van der Waals surface area contributed by atoms with Crippen LogP contribution in [0.25, 0.3) is 0 Å². The van der Waals surface area contributed by atoms with Crippen LogP contribution in [0.1, 0.15) is 16.7 Å². The van der Waals surface area contributed by atoms with E-state index in [1.165, 1.54) is 16.5 Å². The van der Waals surface area contributed by atoms with Crippen LogP contribution in [0.2, 0.25) is 0 Å². The van der Waals surface area contributed by atoms with Gasteiger partial charge in [-0.1, -0.05) is 4.52 Å². The first-order valence-corrected chi connectivity index (χ1v) is 10.6. The van der Waals surface area contributed by atoms with E-state index in [-0.39, 0.29) is 0 Å². The summed E-state index contributed by atoms with van der Waals surface area (Å²) in [6.07, 6.45) is -4.66. The van der Waals surface area contributed by atoms with Crippen molar-refractivity contribution in [2.75, 3.05) is 16.1 Å². The summed E-state index contributed by atoms with van der Waals surface area (Å²) in [5, 5.41) is 4.53. The van der Waals surface area contributed by atoms with E-state index >= 15 is 0 Å². The van der Waals surface area contributed by atoms with Crippen molar-refractivity contribution in [2.24, 2.45) is 5.84 Å². The molecule has 12 heteroatoms. The molecule has 5 N–H and O–H groups in total. The van der Waals surface area contributed by atoms with Crippen LogP contribution in [0.5, 0.6) is 11.5 Å². The van der Waals surface area contributed by atoms with Crippen LogP contribution in [0.3, 0.4) is 0 Å². The lowest BCUT2D eigenvalue weighted by Crippen LogP contribution is -2.25. The third-order valence-electron chi connectivity index (χ3n) is 4.97. The van der Waals surface area contributed by atoms with Crippen LogP contribution >= 0.6 is 11.9 Å². The molecule has 0 aliphatic carbocycles. The highest BCUT2D eigenvalue weighted by atomic mass is 32.2. The minimum Gasteiger partial charge on any atom is -0.457 e. The highest BCUT2D eigenvalue weighted by molar-refractivity contribution is 7.97. The molecule has 0 radical (unpaired) electrons. The van der Waals surface area contributed by atoms with Crippen LogP contribution in [-0.4, -0.2) is 10.6 Å². The summed E-state index contributed by atoms with van der Waals surface area (Å²) in [7, 11) is 0. The SMILES string of the molecule is Cc1cc(Oc2ccc(NC(=O)Nc3cc(C(F)(F)F)ccc3F)cc2)c(C)c2c1NN(N)S2. The Bertz CT molecular complexity index is 1250. The van der Waals surface area contributed by atoms with Gasteiger partial charge in [-0.15, -0.1) is 0 Å². The molecule has 0 aromatic heterocycles. The normalized spacial score (nSPS) is 13.3. The molecule has 7 nitrogen and oxygen atoms in total. The fourth-order valence-electron chi connectivity index (χ4n) is 3.26. The molecular weight excluding hydrogens is 474 g/mol. The number of hydrazine groups is 2. The number of benzene rings is 3. The number of hydrogen-bond acceptors (Lipinski definition) is 6. The van der Waals surface area contributed by atoms with Gasteiger partial charge in [0.05, 0.1) is 21.8 Å². The summed E-state index contributed by atoms with van der Waals surface area (Å²) < 4.78 is 59.7. The first kappa shape index (κ1) is 23.7. The molecule has 0 fully saturated rings. The maximum absolute atomic E-state index is 13.8. The summed E-state index contributed by atoms with van der Waals surface area (Å²) in [6, 6.07) is 9.08. The van der Waals surface area contributed by atoms with E-state index in [4.69, 9.17) is 10.6 Å². The molecule has 0 spiro atoms. The Morgan fingerprint density at radius 3 is 2.47 bits per heavy atom. The zero-order chi connectivity index (χ0) is 24.6. The number of nitrogens with one attached hydrogen (secondary N) is 3. The van der Waals surface area contributed by atoms with E-state index in [9.17, 15) is 22.4 Å². The number of carbonyl (C=O) groups is 1. The van der Waals surface area contributed by atoms with Gasteiger partial charge in [0.2, 0.25) is 0 Å². The average molecular weight is 493 g/mol. The van der Waals surface area contributed by atoms with Crippen LogP contribution < -0.4 is 26.6 Å². The van der Waals surface area contributed by atoms with Crippen LogP contribution in [0, 0.1) is 19.7 Å². The van der Waals surface area contributed by atoms with Gasteiger partial charge in [0.25, 0.3) is 0 Å². The van der Waals surface area contributed by atoms with Gasteiger partial charge in [-0.3, -0.25) is 5.43 Å². The van der Waals surface area contributed by atoms with Gasteiger partial charge in [-0.05, 0) is 79.9 Å². The monoisotopic (exact) mass is 493 g/mol. The van der Waals surface area contributed by atoms with Crippen molar-refractivity contribution in [1.29, 1.82) is 0 Å². The number of carbonyl (C=O) groups excluding carboxylic acids is 1. The Balaban J connectivity index is 1.43. The number of fused-ring (bicyclic) bond motifs is 1. The van der Waals surface area contributed by atoms with E-state index in [1.807, 2.05) is 19.9 Å². The van der Waals surface area contributed by atoms with E-state index in [1.54, 1.807) is 24.3 Å². The summed E-state index contributed by atoms with van der Waals surface area (Å²) in [6.45, 7) is 3.84. The fourth-order valence-corrected chi connectivity index (χ4v) is 4.13. The number of amides is 2. The first-order valence-electron chi connectivity index (χ1n) is 9.87. The van der Waals surface area contributed by atoms with Crippen LogP contribution in [0.4, 0.5) is 39.4 Å². The van der Waals surface area contributed by atoms with Gasteiger partial charge in [-0.25, -0.2) is 15.0 Å². The second-order valence-electron chi connectivity index (χ2n) is 7.45. The number of ether oxygens (including phenoxy) is 1. The molecule has 3 aromatic rings. The molecule has 3 aromatic carbocycles. The minimum absolute atomic E-state index is 0.331. The Hall–Kier alpha value is -3.48. The number of hydrogen-bond donors (Lipinski definition) is 4. The third kappa shape index (κ3) is 5.03. The Labute approximate surface area is 196 Å². The molecule has 34 heavy (non-hydrogen) atoms. The van der Waals surface area contributed by atoms with E-state index < -0.39 is 29.3 Å². The highest BCUT2D eigenvalue weighted by Crippen LogP contribution is 2.44. The lowest BCUT2D eigenvalue weighted by Gasteiger charge is -2.14. The topological polar surface area (TPSA) is 91.6 Å². The van der Waals surface area contributed by atoms with E-state index in [0.29, 0.717) is 35.4 Å². The van der Waals surface area contributed by atoms with Crippen LogP contribution in [-0.2, 0) is 6.18 Å². The molecule has 4 rings (SSSR count). The molecule has 1 heterocycles. The van der Waals surface area contributed by atoms with Gasteiger partial charge >= 0.3 is 12.2 Å². The van der Waals surface area contributed by atoms with Gasteiger partial charge < -0.3 is 15.4 Å². The Morgan fingerprint density at radius 2 is 1.79 bits per heavy atom. The summed E-state index contributed by atoms with van der Waals surface area (Å²) >= 11 is 1.35. The van der Waals surface area contributed by atoms with E-state index in [2.05, 4.69) is 16.1 Å². The lowest BCUT2D eigenvalue weighted by atomic mass is 10.1. The summed E-state index contributed by atoms with van der Waals surface area (Å²) in [5.41, 5.74) is 4.49. The molecule has 1 aliphatic rings. The lowest BCUT2D eigenvalue weighted by molar-refractivity contribution is -0.137. The van der Waals surface area contributed by atoms with Gasteiger partial charge in [0.15, 0.2) is 0 Å². The molecule has 2 amide bonds. The number of alkyl halides is 3. The predicted octanol–water partition coefficient (Wildman–Crippen LogP) is 6.42. The molecule has 0 unspecified atom stereocenters. The van der Waals surface area contributed by atoms with Crippen molar-refractivity contribution < 1.29 is 27.1 Å². The second-order valence-corrected chi connectivity index (χ2v) is 8.43. The first-order chi connectivity index (χ1) is 16.0.